The highest BCUT2D eigenvalue weighted by molar-refractivity contribution is 7.91. The van der Waals surface area contributed by atoms with Crippen LogP contribution in [0.25, 0.3) is 0 Å². The van der Waals surface area contributed by atoms with Gasteiger partial charge in [-0.1, -0.05) is 23.2 Å². The summed E-state index contributed by atoms with van der Waals surface area (Å²) >= 11 is 11.6. The normalized spacial score (nSPS) is 19.3. The molecule has 0 aliphatic carbocycles. The zero-order valence-electron chi connectivity index (χ0n) is 12.3. The molecule has 0 radical (unpaired) electrons. The Morgan fingerprint density at radius 3 is 2.39 bits per heavy atom. The Balaban J connectivity index is 1.92. The van der Waals surface area contributed by atoms with E-state index in [1.807, 2.05) is 0 Å². The van der Waals surface area contributed by atoms with Gasteiger partial charge in [0.15, 0.2) is 16.4 Å². The molecule has 0 saturated carbocycles. The van der Waals surface area contributed by atoms with Gasteiger partial charge in [-0.25, -0.2) is 13.2 Å². The van der Waals surface area contributed by atoms with Gasteiger partial charge in [-0.05, 0) is 24.6 Å². The number of sulfone groups is 1. The van der Waals surface area contributed by atoms with E-state index in [1.54, 1.807) is 0 Å². The smallest absolute Gasteiger partial charge is 0.338 e. The van der Waals surface area contributed by atoms with Crippen LogP contribution in [-0.2, 0) is 19.4 Å². The molecule has 0 spiro atoms. The summed E-state index contributed by atoms with van der Waals surface area (Å²) in [6.45, 7) is -0.476. The SMILES string of the molecule is CN(C(=O)COC(=O)c1cc(Cl)cc(Cl)c1)[C@H]1CCS(=O)(=O)C1. The molecule has 1 heterocycles. The largest absolute Gasteiger partial charge is 0.452 e. The van der Waals surface area contributed by atoms with Crippen LogP contribution in [0.1, 0.15) is 16.8 Å². The topological polar surface area (TPSA) is 80.8 Å². The Bertz CT molecular complexity index is 714. The first-order valence-corrected chi connectivity index (χ1v) is 9.35. The number of nitrogens with zero attached hydrogens (tertiary/aromatic N) is 1. The number of hydrogen-bond acceptors (Lipinski definition) is 5. The van der Waals surface area contributed by atoms with Crippen LogP contribution < -0.4 is 0 Å². The summed E-state index contributed by atoms with van der Waals surface area (Å²) in [7, 11) is -1.59. The molecule has 0 N–H and O–H groups in total. The zero-order chi connectivity index (χ0) is 17.2. The Morgan fingerprint density at radius 2 is 1.87 bits per heavy atom. The van der Waals surface area contributed by atoms with Crippen molar-refractivity contribution in [2.45, 2.75) is 12.5 Å². The summed E-state index contributed by atoms with van der Waals surface area (Å²) < 4.78 is 27.8. The molecule has 1 saturated heterocycles. The monoisotopic (exact) mass is 379 g/mol. The van der Waals surface area contributed by atoms with Crippen molar-refractivity contribution in [2.24, 2.45) is 0 Å². The van der Waals surface area contributed by atoms with E-state index in [0.29, 0.717) is 6.42 Å². The minimum absolute atomic E-state index is 0.0624. The van der Waals surface area contributed by atoms with Gasteiger partial charge >= 0.3 is 5.97 Å². The fourth-order valence-electron chi connectivity index (χ4n) is 2.27. The number of likely N-dealkylation sites (N-methyl/N-ethyl adjacent to an activating group) is 1. The van der Waals surface area contributed by atoms with Gasteiger partial charge in [0, 0.05) is 23.1 Å². The first kappa shape index (κ1) is 18.0. The molecule has 9 heteroatoms. The standard InChI is InChI=1S/C14H15Cl2NO5S/c1-17(12-2-3-23(20,21)8-12)13(18)7-22-14(19)9-4-10(15)6-11(16)5-9/h4-6,12H,2-3,7-8H2,1H3/t12-/m0/s1. The molecule has 0 aromatic heterocycles. The third-order valence-corrected chi connectivity index (χ3v) is 5.76. The zero-order valence-corrected chi connectivity index (χ0v) is 14.6. The minimum atomic E-state index is -3.09. The molecule has 1 fully saturated rings. The van der Waals surface area contributed by atoms with Crippen LogP contribution in [0.2, 0.25) is 10.0 Å². The fourth-order valence-corrected chi connectivity index (χ4v) is 4.57. The highest BCUT2D eigenvalue weighted by Crippen LogP contribution is 2.20. The summed E-state index contributed by atoms with van der Waals surface area (Å²) in [5.74, 6) is -1.19. The highest BCUT2D eigenvalue weighted by atomic mass is 35.5. The van der Waals surface area contributed by atoms with Crippen LogP contribution >= 0.6 is 23.2 Å². The number of benzene rings is 1. The van der Waals surface area contributed by atoms with E-state index in [1.165, 1.54) is 30.1 Å². The maximum atomic E-state index is 12.0. The molecule has 0 unspecified atom stereocenters. The maximum absolute atomic E-state index is 12.0. The summed E-state index contributed by atoms with van der Waals surface area (Å²) in [6.07, 6.45) is 0.391. The number of carbonyl (C=O) groups excluding carboxylic acids is 2. The van der Waals surface area contributed by atoms with Crippen molar-refractivity contribution in [3.05, 3.63) is 33.8 Å². The van der Waals surface area contributed by atoms with Gasteiger partial charge in [-0.15, -0.1) is 0 Å². The van der Waals surface area contributed by atoms with Crippen molar-refractivity contribution in [2.75, 3.05) is 25.2 Å². The molecular weight excluding hydrogens is 365 g/mol. The van der Waals surface area contributed by atoms with Gasteiger partial charge in [-0.3, -0.25) is 4.79 Å². The van der Waals surface area contributed by atoms with E-state index in [2.05, 4.69) is 0 Å². The van der Waals surface area contributed by atoms with Crippen LogP contribution in [0, 0.1) is 0 Å². The van der Waals surface area contributed by atoms with Crippen molar-refractivity contribution in [3.63, 3.8) is 0 Å². The summed E-state index contributed by atoms with van der Waals surface area (Å²) in [5.41, 5.74) is 0.140. The lowest BCUT2D eigenvalue weighted by Crippen LogP contribution is -2.40. The second kappa shape index (κ2) is 7.07. The van der Waals surface area contributed by atoms with E-state index >= 15 is 0 Å². The molecule has 0 bridgehead atoms. The van der Waals surface area contributed by atoms with Crippen molar-refractivity contribution < 1.29 is 22.7 Å². The van der Waals surface area contributed by atoms with Crippen molar-refractivity contribution >= 4 is 44.9 Å². The van der Waals surface area contributed by atoms with Gasteiger partial charge in [0.05, 0.1) is 17.1 Å². The van der Waals surface area contributed by atoms with Crippen LogP contribution in [-0.4, -0.2) is 56.4 Å². The lowest BCUT2D eigenvalue weighted by Gasteiger charge is -2.23. The molecule has 1 aromatic carbocycles. The molecule has 126 valence electrons. The first-order valence-electron chi connectivity index (χ1n) is 6.77. The average Bonchev–Trinajstić information content (AvgIpc) is 2.82. The Kier molecular flexibility index (Phi) is 5.54. The van der Waals surface area contributed by atoms with Crippen molar-refractivity contribution in [3.8, 4) is 0 Å². The molecular formula is C14H15Cl2NO5S. The van der Waals surface area contributed by atoms with E-state index in [0.717, 1.165) is 0 Å². The van der Waals surface area contributed by atoms with Crippen molar-refractivity contribution in [1.82, 2.24) is 4.90 Å². The fraction of sp³-hybridized carbons (Fsp3) is 0.429. The van der Waals surface area contributed by atoms with E-state index in [4.69, 9.17) is 27.9 Å². The number of rotatable bonds is 4. The van der Waals surface area contributed by atoms with Gasteiger partial charge in [-0.2, -0.15) is 0 Å². The number of esters is 1. The summed E-state index contributed by atoms with van der Waals surface area (Å²) in [5, 5.41) is 0.563. The van der Waals surface area contributed by atoms with E-state index < -0.39 is 28.3 Å². The molecule has 1 atom stereocenters. The first-order chi connectivity index (χ1) is 10.7. The number of amides is 1. The lowest BCUT2D eigenvalue weighted by molar-refractivity contribution is -0.134. The van der Waals surface area contributed by atoms with E-state index in [9.17, 15) is 18.0 Å². The Labute approximate surface area is 144 Å². The van der Waals surface area contributed by atoms with Crippen LogP contribution in [0.3, 0.4) is 0 Å². The quantitative estimate of drug-likeness (QED) is 0.744. The number of halogens is 2. The minimum Gasteiger partial charge on any atom is -0.452 e. The van der Waals surface area contributed by atoms with Gasteiger partial charge < -0.3 is 9.64 Å². The molecule has 1 aromatic rings. The van der Waals surface area contributed by atoms with Crippen molar-refractivity contribution in [1.29, 1.82) is 0 Å². The second-order valence-corrected chi connectivity index (χ2v) is 8.40. The predicted molar refractivity (Wildman–Crippen MR) is 86.6 cm³/mol. The van der Waals surface area contributed by atoms with Gasteiger partial charge in [0.2, 0.25) is 0 Å². The van der Waals surface area contributed by atoms with Crippen LogP contribution in [0.5, 0.6) is 0 Å². The van der Waals surface area contributed by atoms with Gasteiger partial charge in [0.25, 0.3) is 5.91 Å². The second-order valence-electron chi connectivity index (χ2n) is 5.30. The molecule has 2 rings (SSSR count). The third-order valence-electron chi connectivity index (χ3n) is 3.57. The molecule has 1 aliphatic heterocycles. The molecule has 1 aliphatic rings. The predicted octanol–water partition coefficient (Wildman–Crippen LogP) is 1.80. The average molecular weight is 380 g/mol. The number of carbonyl (C=O) groups is 2. The molecule has 1 amide bonds. The highest BCUT2D eigenvalue weighted by Gasteiger charge is 2.32. The summed E-state index contributed by atoms with van der Waals surface area (Å²) in [6, 6.07) is 3.85. The third kappa shape index (κ3) is 4.83. The van der Waals surface area contributed by atoms with Crippen LogP contribution in [0.15, 0.2) is 18.2 Å². The van der Waals surface area contributed by atoms with Crippen LogP contribution in [0.4, 0.5) is 0 Å². The number of ether oxygens (including phenoxy) is 1. The molecule has 23 heavy (non-hydrogen) atoms. The summed E-state index contributed by atoms with van der Waals surface area (Å²) in [4.78, 5) is 25.2. The maximum Gasteiger partial charge on any atom is 0.338 e. The number of hydrogen-bond donors (Lipinski definition) is 0. The molecule has 6 nitrogen and oxygen atoms in total. The van der Waals surface area contributed by atoms with Gasteiger partial charge in [0.1, 0.15) is 0 Å². The van der Waals surface area contributed by atoms with E-state index in [-0.39, 0.29) is 33.2 Å². The lowest BCUT2D eigenvalue weighted by atomic mass is 10.2. The Hall–Kier alpha value is -1.31. The Morgan fingerprint density at radius 1 is 1.26 bits per heavy atom.